The van der Waals surface area contributed by atoms with Crippen molar-refractivity contribution >= 4 is 37.7 Å². The van der Waals surface area contributed by atoms with Crippen LogP contribution in [-0.4, -0.2) is 37.3 Å². The fourth-order valence-electron chi connectivity index (χ4n) is 1.57. The third-order valence-electron chi connectivity index (χ3n) is 2.50. The predicted molar refractivity (Wildman–Crippen MR) is 70.2 cm³/mol. The summed E-state index contributed by atoms with van der Waals surface area (Å²) in [5.74, 6) is 1.02. The Kier molecular flexibility index (Phi) is 4.12. The first kappa shape index (κ1) is 13.3. The summed E-state index contributed by atoms with van der Waals surface area (Å²) in [6.07, 6.45) is 0. The Hall–Kier alpha value is -0.110. The molecular formula is C10H11BrFNO2S2. The van der Waals surface area contributed by atoms with E-state index >= 15 is 0 Å². The van der Waals surface area contributed by atoms with Crippen molar-refractivity contribution in [2.45, 2.75) is 4.90 Å². The molecule has 3 nitrogen and oxygen atoms in total. The molecule has 2 rings (SSSR count). The van der Waals surface area contributed by atoms with Crippen molar-refractivity contribution in [3.8, 4) is 0 Å². The van der Waals surface area contributed by atoms with Crippen LogP contribution in [-0.2, 0) is 10.0 Å². The van der Waals surface area contributed by atoms with Crippen molar-refractivity contribution in [2.24, 2.45) is 0 Å². The van der Waals surface area contributed by atoms with Crippen molar-refractivity contribution in [3.63, 3.8) is 0 Å². The lowest BCUT2D eigenvalue weighted by atomic mass is 10.3. The molecule has 0 bridgehead atoms. The maximum Gasteiger partial charge on any atom is 0.243 e. The van der Waals surface area contributed by atoms with E-state index in [-0.39, 0.29) is 9.37 Å². The molecule has 0 aromatic heterocycles. The van der Waals surface area contributed by atoms with Crippen molar-refractivity contribution in [2.75, 3.05) is 24.6 Å². The summed E-state index contributed by atoms with van der Waals surface area (Å²) < 4.78 is 39.4. The fourth-order valence-corrected chi connectivity index (χ4v) is 4.41. The van der Waals surface area contributed by atoms with Gasteiger partial charge in [0.15, 0.2) is 0 Å². The molecule has 1 aromatic carbocycles. The fraction of sp³-hybridized carbons (Fsp3) is 0.400. The Balaban J connectivity index is 2.33. The summed E-state index contributed by atoms with van der Waals surface area (Å²) in [6.45, 7) is 0.982. The molecule has 0 N–H and O–H groups in total. The maximum atomic E-state index is 13.3. The minimum Gasteiger partial charge on any atom is -0.207 e. The van der Waals surface area contributed by atoms with E-state index in [2.05, 4.69) is 15.9 Å². The van der Waals surface area contributed by atoms with Gasteiger partial charge >= 0.3 is 0 Å². The lowest BCUT2D eigenvalue weighted by Gasteiger charge is -2.25. The van der Waals surface area contributed by atoms with E-state index in [0.717, 1.165) is 17.6 Å². The number of hydrogen-bond acceptors (Lipinski definition) is 3. The highest BCUT2D eigenvalue weighted by molar-refractivity contribution is 9.10. The second-order valence-corrected chi connectivity index (χ2v) is 7.61. The van der Waals surface area contributed by atoms with Crippen LogP contribution in [0.4, 0.5) is 4.39 Å². The van der Waals surface area contributed by atoms with Gasteiger partial charge in [0.2, 0.25) is 10.0 Å². The Labute approximate surface area is 113 Å². The number of thioether (sulfide) groups is 1. The molecule has 0 radical (unpaired) electrons. The third kappa shape index (κ3) is 2.83. The molecule has 1 fully saturated rings. The molecule has 1 aliphatic heterocycles. The molecule has 7 heteroatoms. The van der Waals surface area contributed by atoms with Crippen LogP contribution >= 0.6 is 27.7 Å². The van der Waals surface area contributed by atoms with E-state index in [1.54, 1.807) is 11.8 Å². The summed E-state index contributed by atoms with van der Waals surface area (Å²) >= 11 is 4.73. The first-order valence-electron chi connectivity index (χ1n) is 5.05. The highest BCUT2D eigenvalue weighted by atomic mass is 79.9. The molecule has 1 aromatic rings. The Morgan fingerprint density at radius 1 is 1.29 bits per heavy atom. The largest absolute Gasteiger partial charge is 0.243 e. The summed E-state index contributed by atoms with van der Waals surface area (Å²) in [5, 5.41) is 0. The van der Waals surface area contributed by atoms with Gasteiger partial charge in [-0.3, -0.25) is 0 Å². The lowest BCUT2D eigenvalue weighted by molar-refractivity contribution is 0.443. The maximum absolute atomic E-state index is 13.3. The van der Waals surface area contributed by atoms with Crippen molar-refractivity contribution in [3.05, 3.63) is 28.5 Å². The van der Waals surface area contributed by atoms with Crippen LogP contribution in [0.15, 0.2) is 27.6 Å². The van der Waals surface area contributed by atoms with Crippen LogP contribution in [0.2, 0.25) is 0 Å². The van der Waals surface area contributed by atoms with E-state index in [1.165, 1.54) is 16.4 Å². The number of halogens is 2. The van der Waals surface area contributed by atoms with E-state index in [0.29, 0.717) is 13.1 Å². The van der Waals surface area contributed by atoms with Crippen molar-refractivity contribution in [1.82, 2.24) is 4.31 Å². The zero-order valence-corrected chi connectivity index (χ0v) is 12.1. The van der Waals surface area contributed by atoms with Crippen LogP contribution in [0.3, 0.4) is 0 Å². The zero-order chi connectivity index (χ0) is 12.5. The number of hydrogen-bond donors (Lipinski definition) is 0. The highest BCUT2D eigenvalue weighted by Crippen LogP contribution is 2.23. The summed E-state index contributed by atoms with van der Waals surface area (Å²) in [4.78, 5) is 0.0186. The van der Waals surface area contributed by atoms with Crippen LogP contribution in [0.5, 0.6) is 0 Å². The molecule has 1 aliphatic rings. The van der Waals surface area contributed by atoms with E-state index < -0.39 is 15.8 Å². The quantitative estimate of drug-likeness (QED) is 0.829. The van der Waals surface area contributed by atoms with Gasteiger partial charge in [0.1, 0.15) is 5.82 Å². The third-order valence-corrected chi connectivity index (χ3v) is 5.98. The summed E-state index contributed by atoms with van der Waals surface area (Å²) in [5.41, 5.74) is 0. The van der Waals surface area contributed by atoms with E-state index in [9.17, 15) is 12.8 Å². The van der Waals surface area contributed by atoms with Gasteiger partial charge in [-0.1, -0.05) is 0 Å². The molecular weight excluding hydrogens is 329 g/mol. The first-order valence-corrected chi connectivity index (χ1v) is 8.43. The van der Waals surface area contributed by atoms with Gasteiger partial charge in [-0.15, -0.1) is 0 Å². The van der Waals surface area contributed by atoms with Crippen LogP contribution < -0.4 is 0 Å². The Bertz CT molecular complexity index is 515. The zero-order valence-electron chi connectivity index (χ0n) is 8.90. The minimum absolute atomic E-state index is 0.0186. The molecule has 94 valence electrons. The molecule has 0 atom stereocenters. The molecule has 0 aliphatic carbocycles. The predicted octanol–water partition coefficient (Wildman–Crippen LogP) is 2.33. The monoisotopic (exact) mass is 339 g/mol. The van der Waals surface area contributed by atoms with Gasteiger partial charge in [0.25, 0.3) is 0 Å². The normalized spacial score (nSPS) is 18.2. The number of nitrogens with zero attached hydrogens (tertiary/aromatic N) is 1. The standard InChI is InChI=1S/C10H11BrFNO2S2/c11-9-2-1-8(7-10(9)12)17(14,15)13-3-5-16-6-4-13/h1-2,7H,3-6H2. The second kappa shape index (κ2) is 5.26. The molecule has 1 heterocycles. The number of benzene rings is 1. The molecule has 1 saturated heterocycles. The van der Waals surface area contributed by atoms with Gasteiger partial charge in [-0.05, 0) is 34.1 Å². The van der Waals surface area contributed by atoms with Gasteiger partial charge in [0, 0.05) is 24.6 Å². The van der Waals surface area contributed by atoms with Crippen LogP contribution in [0, 0.1) is 5.82 Å². The van der Waals surface area contributed by atoms with Gasteiger partial charge in [-0.2, -0.15) is 16.1 Å². The number of sulfonamides is 1. The topological polar surface area (TPSA) is 37.4 Å². The molecule has 0 amide bonds. The van der Waals surface area contributed by atoms with Gasteiger partial charge < -0.3 is 0 Å². The van der Waals surface area contributed by atoms with Crippen molar-refractivity contribution < 1.29 is 12.8 Å². The lowest BCUT2D eigenvalue weighted by Crippen LogP contribution is -2.37. The smallest absolute Gasteiger partial charge is 0.207 e. The highest BCUT2D eigenvalue weighted by Gasteiger charge is 2.26. The van der Waals surface area contributed by atoms with Crippen molar-refractivity contribution in [1.29, 1.82) is 0 Å². The number of rotatable bonds is 2. The van der Waals surface area contributed by atoms with Gasteiger partial charge in [0.05, 0.1) is 9.37 Å². The van der Waals surface area contributed by atoms with Gasteiger partial charge in [-0.25, -0.2) is 12.8 Å². The summed E-state index contributed by atoms with van der Waals surface area (Å²) in [6, 6.07) is 3.90. The summed E-state index contributed by atoms with van der Waals surface area (Å²) in [7, 11) is -3.54. The second-order valence-electron chi connectivity index (χ2n) is 3.59. The van der Waals surface area contributed by atoms with E-state index in [1.807, 2.05) is 0 Å². The average Bonchev–Trinajstić information content (AvgIpc) is 2.33. The van der Waals surface area contributed by atoms with Crippen LogP contribution in [0.25, 0.3) is 0 Å². The van der Waals surface area contributed by atoms with Crippen LogP contribution in [0.1, 0.15) is 0 Å². The Morgan fingerprint density at radius 2 is 1.94 bits per heavy atom. The molecule has 0 saturated carbocycles. The van der Waals surface area contributed by atoms with E-state index in [4.69, 9.17) is 0 Å². The Morgan fingerprint density at radius 3 is 2.53 bits per heavy atom. The molecule has 0 spiro atoms. The minimum atomic E-state index is -3.54. The SMILES string of the molecule is O=S(=O)(c1ccc(Br)c(F)c1)N1CCSCC1. The molecule has 0 unspecified atom stereocenters. The average molecular weight is 340 g/mol. The first-order chi connectivity index (χ1) is 8.01. The molecule has 17 heavy (non-hydrogen) atoms.